The van der Waals surface area contributed by atoms with Gasteiger partial charge in [-0.2, -0.15) is 0 Å². The van der Waals surface area contributed by atoms with E-state index in [2.05, 4.69) is 9.72 Å². The predicted molar refractivity (Wildman–Crippen MR) is 76.4 cm³/mol. The summed E-state index contributed by atoms with van der Waals surface area (Å²) in [4.78, 5) is 15.8. The standard InChI is InChI=1S/C13H14N2O4S/c1-17-7-4-5-9(18-2)8(6-7)12-15-10(11(14)20-12)13(16)19-3/h4-6H,14H2,1-3H3. The van der Waals surface area contributed by atoms with Crippen LogP contribution >= 0.6 is 11.3 Å². The van der Waals surface area contributed by atoms with Crippen LogP contribution in [-0.2, 0) is 4.74 Å². The molecular weight excluding hydrogens is 280 g/mol. The highest BCUT2D eigenvalue weighted by atomic mass is 32.1. The topological polar surface area (TPSA) is 83.7 Å². The average molecular weight is 294 g/mol. The van der Waals surface area contributed by atoms with Crippen LogP contribution in [0.3, 0.4) is 0 Å². The molecule has 1 heterocycles. The molecule has 0 radical (unpaired) electrons. The summed E-state index contributed by atoms with van der Waals surface area (Å²) < 4.78 is 15.1. The van der Waals surface area contributed by atoms with E-state index >= 15 is 0 Å². The van der Waals surface area contributed by atoms with Crippen LogP contribution in [0.4, 0.5) is 5.00 Å². The van der Waals surface area contributed by atoms with E-state index in [1.165, 1.54) is 18.4 Å². The number of aromatic nitrogens is 1. The number of carbonyl (C=O) groups is 1. The second-order valence-electron chi connectivity index (χ2n) is 3.79. The Kier molecular flexibility index (Phi) is 4.09. The Labute approximate surface area is 120 Å². The third-order valence-electron chi connectivity index (χ3n) is 2.67. The zero-order valence-electron chi connectivity index (χ0n) is 11.3. The van der Waals surface area contributed by atoms with E-state index in [1.807, 2.05) is 0 Å². The van der Waals surface area contributed by atoms with Gasteiger partial charge in [-0.1, -0.05) is 11.3 Å². The number of thiazole rings is 1. The molecule has 0 unspecified atom stereocenters. The van der Waals surface area contributed by atoms with Crippen molar-refractivity contribution in [2.75, 3.05) is 27.1 Å². The molecule has 1 aromatic heterocycles. The van der Waals surface area contributed by atoms with Crippen molar-refractivity contribution in [2.24, 2.45) is 0 Å². The highest BCUT2D eigenvalue weighted by Crippen LogP contribution is 2.38. The van der Waals surface area contributed by atoms with Crippen molar-refractivity contribution in [3.8, 4) is 22.1 Å². The summed E-state index contributed by atoms with van der Waals surface area (Å²) in [6.45, 7) is 0. The number of nitrogen functional groups attached to an aromatic ring is 1. The summed E-state index contributed by atoms with van der Waals surface area (Å²) in [5, 5.41) is 0.871. The van der Waals surface area contributed by atoms with Crippen molar-refractivity contribution in [2.45, 2.75) is 0 Å². The molecule has 0 fully saturated rings. The predicted octanol–water partition coefficient (Wildman–Crippen LogP) is 2.20. The molecule has 0 saturated heterocycles. The van der Waals surface area contributed by atoms with Gasteiger partial charge >= 0.3 is 5.97 Å². The highest BCUT2D eigenvalue weighted by Gasteiger charge is 2.19. The molecule has 0 spiro atoms. The number of methoxy groups -OCH3 is 3. The summed E-state index contributed by atoms with van der Waals surface area (Å²) >= 11 is 1.19. The molecule has 2 N–H and O–H groups in total. The van der Waals surface area contributed by atoms with E-state index in [0.717, 1.165) is 0 Å². The van der Waals surface area contributed by atoms with Gasteiger partial charge in [0.25, 0.3) is 0 Å². The third-order valence-corrected chi connectivity index (χ3v) is 3.59. The molecule has 20 heavy (non-hydrogen) atoms. The van der Waals surface area contributed by atoms with E-state index in [0.29, 0.717) is 27.1 Å². The van der Waals surface area contributed by atoms with E-state index in [1.54, 1.807) is 32.4 Å². The molecular formula is C13H14N2O4S. The fraction of sp³-hybridized carbons (Fsp3) is 0.231. The molecule has 0 bridgehead atoms. The number of nitrogens with zero attached hydrogens (tertiary/aromatic N) is 1. The molecule has 1 aromatic carbocycles. The van der Waals surface area contributed by atoms with Crippen LogP contribution in [0.2, 0.25) is 0 Å². The van der Waals surface area contributed by atoms with Gasteiger partial charge in [0, 0.05) is 0 Å². The molecule has 0 saturated carbocycles. The highest BCUT2D eigenvalue weighted by molar-refractivity contribution is 7.19. The van der Waals surface area contributed by atoms with Crippen LogP contribution in [0.1, 0.15) is 10.5 Å². The lowest BCUT2D eigenvalue weighted by Crippen LogP contribution is -2.04. The van der Waals surface area contributed by atoms with Gasteiger partial charge in [0.1, 0.15) is 21.5 Å². The summed E-state index contributed by atoms with van der Waals surface area (Å²) in [7, 11) is 4.41. The first-order valence-electron chi connectivity index (χ1n) is 5.67. The van der Waals surface area contributed by atoms with Crippen molar-refractivity contribution < 1.29 is 19.0 Å². The van der Waals surface area contributed by atoms with Crippen molar-refractivity contribution in [3.63, 3.8) is 0 Å². The van der Waals surface area contributed by atoms with Crippen molar-refractivity contribution in [1.29, 1.82) is 0 Å². The van der Waals surface area contributed by atoms with Gasteiger partial charge in [-0.05, 0) is 18.2 Å². The molecule has 0 atom stereocenters. The Morgan fingerprint density at radius 3 is 2.60 bits per heavy atom. The number of hydrogen-bond acceptors (Lipinski definition) is 7. The average Bonchev–Trinajstić information content (AvgIpc) is 2.87. The van der Waals surface area contributed by atoms with Crippen LogP contribution in [0.15, 0.2) is 18.2 Å². The second-order valence-corrected chi connectivity index (χ2v) is 4.82. The minimum Gasteiger partial charge on any atom is -0.497 e. The Hall–Kier alpha value is -2.28. The molecule has 0 aliphatic rings. The molecule has 0 amide bonds. The molecule has 0 aliphatic heterocycles. The monoisotopic (exact) mass is 294 g/mol. The largest absolute Gasteiger partial charge is 0.497 e. The first-order chi connectivity index (χ1) is 9.60. The van der Waals surface area contributed by atoms with Gasteiger partial charge in [0.05, 0.1) is 26.9 Å². The maximum Gasteiger partial charge on any atom is 0.359 e. The third kappa shape index (κ3) is 2.53. The van der Waals surface area contributed by atoms with Gasteiger partial charge in [-0.25, -0.2) is 9.78 Å². The summed E-state index contributed by atoms with van der Waals surface area (Å²) in [5.74, 6) is 0.719. The van der Waals surface area contributed by atoms with Gasteiger partial charge in [0.2, 0.25) is 0 Å². The van der Waals surface area contributed by atoms with Crippen LogP contribution in [0.25, 0.3) is 10.6 Å². The number of esters is 1. The lowest BCUT2D eigenvalue weighted by molar-refractivity contribution is 0.0596. The summed E-state index contributed by atoms with van der Waals surface area (Å²) in [6.07, 6.45) is 0. The Morgan fingerprint density at radius 2 is 2.00 bits per heavy atom. The zero-order valence-corrected chi connectivity index (χ0v) is 12.1. The molecule has 6 nitrogen and oxygen atoms in total. The molecule has 2 aromatic rings. The van der Waals surface area contributed by atoms with Crippen molar-refractivity contribution >= 4 is 22.3 Å². The smallest absolute Gasteiger partial charge is 0.359 e. The minimum atomic E-state index is -0.563. The molecule has 106 valence electrons. The second kappa shape index (κ2) is 5.79. The van der Waals surface area contributed by atoms with Crippen LogP contribution in [-0.4, -0.2) is 32.3 Å². The zero-order chi connectivity index (χ0) is 14.7. The maximum absolute atomic E-state index is 11.5. The lowest BCUT2D eigenvalue weighted by atomic mass is 10.2. The first kappa shape index (κ1) is 14.1. The lowest BCUT2D eigenvalue weighted by Gasteiger charge is -2.07. The Balaban J connectivity index is 2.53. The normalized spacial score (nSPS) is 10.2. The van der Waals surface area contributed by atoms with Gasteiger partial charge in [-0.3, -0.25) is 0 Å². The van der Waals surface area contributed by atoms with Crippen LogP contribution in [0, 0.1) is 0 Å². The number of anilines is 1. The summed E-state index contributed by atoms with van der Waals surface area (Å²) in [5.41, 5.74) is 6.62. The Bertz CT molecular complexity index is 639. The first-order valence-corrected chi connectivity index (χ1v) is 6.49. The van der Waals surface area contributed by atoms with E-state index in [9.17, 15) is 4.79 Å². The number of ether oxygens (including phenoxy) is 3. The Morgan fingerprint density at radius 1 is 1.25 bits per heavy atom. The fourth-order valence-corrected chi connectivity index (χ4v) is 2.51. The van der Waals surface area contributed by atoms with Gasteiger partial charge in [0.15, 0.2) is 5.69 Å². The summed E-state index contributed by atoms with van der Waals surface area (Å²) in [6, 6.07) is 5.32. The van der Waals surface area contributed by atoms with Gasteiger partial charge in [-0.15, -0.1) is 0 Å². The van der Waals surface area contributed by atoms with Crippen LogP contribution < -0.4 is 15.2 Å². The number of nitrogens with two attached hydrogens (primary N) is 1. The number of benzene rings is 1. The number of rotatable bonds is 4. The SMILES string of the molecule is COC(=O)c1nc(-c2cc(OC)ccc2OC)sc1N. The fourth-order valence-electron chi connectivity index (χ4n) is 1.67. The number of hydrogen-bond donors (Lipinski definition) is 1. The molecule has 0 aliphatic carbocycles. The van der Waals surface area contributed by atoms with Crippen molar-refractivity contribution in [3.05, 3.63) is 23.9 Å². The molecule has 7 heteroatoms. The van der Waals surface area contributed by atoms with Gasteiger partial charge < -0.3 is 19.9 Å². The van der Waals surface area contributed by atoms with Crippen molar-refractivity contribution in [1.82, 2.24) is 4.98 Å². The van der Waals surface area contributed by atoms with Crippen LogP contribution in [0.5, 0.6) is 11.5 Å². The maximum atomic E-state index is 11.5. The van der Waals surface area contributed by atoms with E-state index < -0.39 is 5.97 Å². The minimum absolute atomic E-state index is 0.109. The van der Waals surface area contributed by atoms with E-state index in [-0.39, 0.29) is 5.69 Å². The quantitative estimate of drug-likeness (QED) is 0.870. The number of carbonyl (C=O) groups excluding carboxylic acids is 1. The van der Waals surface area contributed by atoms with E-state index in [4.69, 9.17) is 15.2 Å². The molecule has 2 rings (SSSR count).